The zero-order valence-electron chi connectivity index (χ0n) is 12.3. The van der Waals surface area contributed by atoms with Crippen molar-refractivity contribution in [3.63, 3.8) is 0 Å². The van der Waals surface area contributed by atoms with Crippen molar-refractivity contribution in [2.45, 2.75) is 78.1 Å². The monoisotopic (exact) mass is 256 g/mol. The number of unbranched alkanes of at least 4 members (excludes halogenated alkanes) is 8. The first kappa shape index (κ1) is 17.3. The summed E-state index contributed by atoms with van der Waals surface area (Å²) in [5.74, 6) is 0.860. The van der Waals surface area contributed by atoms with Gasteiger partial charge in [-0.25, -0.2) is 4.79 Å². The number of hydrogen-bond acceptors (Lipinski definition) is 1. The average Bonchev–Trinajstić information content (AvgIpc) is 2.29. The van der Waals surface area contributed by atoms with Crippen LogP contribution in [0.4, 0.5) is 4.79 Å². The van der Waals surface area contributed by atoms with E-state index >= 15 is 0 Å². The summed E-state index contributed by atoms with van der Waals surface area (Å²) in [5.41, 5.74) is 4.98. The molecule has 3 heteroatoms. The predicted octanol–water partition coefficient (Wildman–Crippen LogP) is 4.21. The predicted molar refractivity (Wildman–Crippen MR) is 78.6 cm³/mol. The van der Waals surface area contributed by atoms with E-state index in [4.69, 9.17) is 5.73 Å². The molecule has 18 heavy (non-hydrogen) atoms. The molecule has 108 valence electrons. The van der Waals surface area contributed by atoms with Crippen LogP contribution in [-0.4, -0.2) is 12.6 Å². The van der Waals surface area contributed by atoms with E-state index in [9.17, 15) is 4.79 Å². The van der Waals surface area contributed by atoms with Gasteiger partial charge in [0, 0.05) is 6.54 Å². The summed E-state index contributed by atoms with van der Waals surface area (Å²) in [6, 6.07) is -0.406. The average molecular weight is 256 g/mol. The Morgan fingerprint density at radius 2 is 1.33 bits per heavy atom. The van der Waals surface area contributed by atoms with Crippen molar-refractivity contribution in [3.05, 3.63) is 0 Å². The number of rotatable bonds is 12. The summed E-state index contributed by atoms with van der Waals surface area (Å²) in [6.45, 7) is 5.32. The molecule has 3 N–H and O–H groups in total. The van der Waals surface area contributed by atoms with Crippen LogP contribution in [0.5, 0.6) is 0 Å². The molecule has 0 saturated heterocycles. The van der Waals surface area contributed by atoms with E-state index < -0.39 is 6.03 Å². The van der Waals surface area contributed by atoms with Gasteiger partial charge in [-0.2, -0.15) is 0 Å². The summed E-state index contributed by atoms with van der Waals surface area (Å²) in [5, 5.41) is 2.62. The minimum absolute atomic E-state index is 0.406. The quantitative estimate of drug-likeness (QED) is 0.505. The Hall–Kier alpha value is -0.730. The molecule has 0 aliphatic rings. The van der Waals surface area contributed by atoms with Crippen molar-refractivity contribution in [3.8, 4) is 0 Å². The van der Waals surface area contributed by atoms with E-state index in [1.165, 1.54) is 57.8 Å². The van der Waals surface area contributed by atoms with E-state index in [0.717, 1.165) is 18.9 Å². The molecule has 0 rings (SSSR count). The zero-order valence-corrected chi connectivity index (χ0v) is 12.3. The maximum atomic E-state index is 10.4. The highest BCUT2D eigenvalue weighted by molar-refractivity contribution is 5.71. The van der Waals surface area contributed by atoms with Gasteiger partial charge in [0.15, 0.2) is 0 Å². The molecule has 0 heterocycles. The number of amides is 2. The van der Waals surface area contributed by atoms with Crippen LogP contribution in [0.2, 0.25) is 0 Å². The second-order valence-corrected chi connectivity index (χ2v) is 5.66. The van der Waals surface area contributed by atoms with Crippen LogP contribution in [0.25, 0.3) is 0 Å². The third kappa shape index (κ3) is 15.3. The van der Waals surface area contributed by atoms with E-state index in [2.05, 4.69) is 19.2 Å². The second-order valence-electron chi connectivity index (χ2n) is 5.66. The van der Waals surface area contributed by atoms with Gasteiger partial charge in [0.1, 0.15) is 0 Å². The first-order chi connectivity index (χ1) is 8.63. The van der Waals surface area contributed by atoms with Crippen LogP contribution in [0, 0.1) is 5.92 Å². The number of hydrogen-bond donors (Lipinski definition) is 2. The maximum Gasteiger partial charge on any atom is 0.312 e. The van der Waals surface area contributed by atoms with E-state index in [-0.39, 0.29) is 0 Å². The summed E-state index contributed by atoms with van der Waals surface area (Å²) >= 11 is 0. The SMILES string of the molecule is CC(C)CCCCCCCCCCCNC(N)=O. The number of urea groups is 1. The van der Waals surface area contributed by atoms with Crippen LogP contribution >= 0.6 is 0 Å². The lowest BCUT2D eigenvalue weighted by Gasteiger charge is -2.04. The molecular formula is C15H32N2O. The molecule has 0 unspecified atom stereocenters. The third-order valence-electron chi connectivity index (χ3n) is 3.26. The number of carbonyl (C=O) groups is 1. The maximum absolute atomic E-state index is 10.4. The topological polar surface area (TPSA) is 55.1 Å². The van der Waals surface area contributed by atoms with Gasteiger partial charge in [0.05, 0.1) is 0 Å². The van der Waals surface area contributed by atoms with Crippen LogP contribution in [0.15, 0.2) is 0 Å². The molecule has 0 aliphatic carbocycles. The first-order valence-corrected chi connectivity index (χ1v) is 7.66. The molecule has 0 aromatic carbocycles. The van der Waals surface area contributed by atoms with Crippen molar-refractivity contribution in [1.29, 1.82) is 0 Å². The molecule has 0 saturated carbocycles. The van der Waals surface area contributed by atoms with Gasteiger partial charge in [0.2, 0.25) is 0 Å². The van der Waals surface area contributed by atoms with Gasteiger partial charge in [0.25, 0.3) is 0 Å². The molecule has 0 aliphatic heterocycles. The number of primary amides is 1. The fraction of sp³-hybridized carbons (Fsp3) is 0.933. The van der Waals surface area contributed by atoms with E-state index in [1.807, 2.05) is 0 Å². The Morgan fingerprint density at radius 3 is 1.78 bits per heavy atom. The van der Waals surface area contributed by atoms with Gasteiger partial charge in [-0.3, -0.25) is 0 Å². The Labute approximate surface area is 113 Å². The molecule has 0 atom stereocenters. The first-order valence-electron chi connectivity index (χ1n) is 7.66. The lowest BCUT2D eigenvalue weighted by Crippen LogP contribution is -2.29. The van der Waals surface area contributed by atoms with Crippen molar-refractivity contribution < 1.29 is 4.79 Å². The van der Waals surface area contributed by atoms with Crippen LogP contribution in [0.1, 0.15) is 78.1 Å². The third-order valence-corrected chi connectivity index (χ3v) is 3.26. The van der Waals surface area contributed by atoms with Crippen molar-refractivity contribution in [2.24, 2.45) is 11.7 Å². The van der Waals surface area contributed by atoms with Crippen LogP contribution in [-0.2, 0) is 0 Å². The lowest BCUT2D eigenvalue weighted by molar-refractivity contribution is 0.248. The van der Waals surface area contributed by atoms with Crippen LogP contribution in [0.3, 0.4) is 0 Å². The molecule has 3 nitrogen and oxygen atoms in total. The highest BCUT2D eigenvalue weighted by Crippen LogP contribution is 2.12. The Bertz CT molecular complexity index is 193. The molecular weight excluding hydrogens is 224 g/mol. The largest absolute Gasteiger partial charge is 0.352 e. The van der Waals surface area contributed by atoms with Crippen molar-refractivity contribution in [2.75, 3.05) is 6.54 Å². The molecule has 0 bridgehead atoms. The van der Waals surface area contributed by atoms with E-state index in [1.54, 1.807) is 0 Å². The van der Waals surface area contributed by atoms with Gasteiger partial charge in [-0.05, 0) is 12.3 Å². The molecule has 0 aromatic rings. The number of nitrogens with two attached hydrogens (primary N) is 1. The number of carbonyl (C=O) groups excluding carboxylic acids is 1. The summed E-state index contributed by atoms with van der Waals surface area (Å²) in [4.78, 5) is 10.4. The highest BCUT2D eigenvalue weighted by atomic mass is 16.2. The summed E-state index contributed by atoms with van der Waals surface area (Å²) in [7, 11) is 0. The smallest absolute Gasteiger partial charge is 0.312 e. The number of nitrogens with one attached hydrogen (secondary N) is 1. The van der Waals surface area contributed by atoms with Crippen molar-refractivity contribution in [1.82, 2.24) is 5.32 Å². The van der Waals surface area contributed by atoms with Gasteiger partial charge in [-0.15, -0.1) is 0 Å². The highest BCUT2D eigenvalue weighted by Gasteiger charge is 1.95. The van der Waals surface area contributed by atoms with Gasteiger partial charge < -0.3 is 11.1 Å². The Balaban J connectivity index is 2.97. The Morgan fingerprint density at radius 1 is 0.889 bits per heavy atom. The fourth-order valence-electron chi connectivity index (χ4n) is 2.13. The standard InChI is InChI=1S/C15H32N2O/c1-14(2)12-10-8-6-4-3-5-7-9-11-13-17-15(16)18/h14H,3-13H2,1-2H3,(H3,16,17,18). The summed E-state index contributed by atoms with van der Waals surface area (Å²) in [6.07, 6.45) is 13.2. The molecule has 0 aromatic heterocycles. The minimum atomic E-state index is -0.406. The minimum Gasteiger partial charge on any atom is -0.352 e. The second kappa shape index (κ2) is 12.7. The summed E-state index contributed by atoms with van der Waals surface area (Å²) < 4.78 is 0. The zero-order chi connectivity index (χ0) is 13.6. The molecule has 0 spiro atoms. The van der Waals surface area contributed by atoms with Crippen LogP contribution < -0.4 is 11.1 Å². The molecule has 0 fully saturated rings. The lowest BCUT2D eigenvalue weighted by atomic mass is 10.0. The molecule has 0 radical (unpaired) electrons. The van der Waals surface area contributed by atoms with Crippen molar-refractivity contribution >= 4 is 6.03 Å². The van der Waals surface area contributed by atoms with Gasteiger partial charge in [-0.1, -0.05) is 71.6 Å². The molecule has 2 amide bonds. The fourth-order valence-corrected chi connectivity index (χ4v) is 2.13. The normalized spacial score (nSPS) is 10.8. The Kier molecular flexibility index (Phi) is 12.2. The van der Waals surface area contributed by atoms with Gasteiger partial charge >= 0.3 is 6.03 Å². The van der Waals surface area contributed by atoms with E-state index in [0.29, 0.717) is 0 Å².